The quantitative estimate of drug-likeness (QED) is 0.780. The molecule has 0 aliphatic carbocycles. The Labute approximate surface area is 114 Å². The first kappa shape index (κ1) is 13.5. The van der Waals surface area contributed by atoms with Gasteiger partial charge in [0.2, 0.25) is 0 Å². The van der Waals surface area contributed by atoms with Crippen LogP contribution in [0.15, 0.2) is 49.1 Å². The molecule has 0 saturated carbocycles. The zero-order valence-corrected chi connectivity index (χ0v) is 10.4. The molecule has 7 nitrogen and oxygen atoms in total. The zero-order chi connectivity index (χ0) is 14.4. The van der Waals surface area contributed by atoms with Crippen LogP contribution in [0, 0.1) is 0 Å². The van der Waals surface area contributed by atoms with Crippen LogP contribution in [0.1, 0.15) is 11.6 Å². The molecule has 2 amide bonds. The number of amides is 2. The molecule has 0 bridgehead atoms. The van der Waals surface area contributed by atoms with E-state index in [4.69, 9.17) is 0 Å². The average Bonchev–Trinajstić information content (AvgIpc) is 2.46. The van der Waals surface area contributed by atoms with Gasteiger partial charge in [0, 0.05) is 0 Å². The zero-order valence-electron chi connectivity index (χ0n) is 10.4. The fraction of sp³-hybridized carbons (Fsp3) is 0.0769. The molecule has 102 valence electrons. The number of aliphatic carboxylic acids is 1. The predicted octanol–water partition coefficient (Wildman–Crippen LogP) is 1.42. The van der Waals surface area contributed by atoms with Crippen LogP contribution in [-0.2, 0) is 4.79 Å². The summed E-state index contributed by atoms with van der Waals surface area (Å²) in [6, 6.07) is 6.67. The van der Waals surface area contributed by atoms with Crippen molar-refractivity contribution >= 4 is 17.7 Å². The highest BCUT2D eigenvalue weighted by molar-refractivity contribution is 5.92. The van der Waals surface area contributed by atoms with Gasteiger partial charge in [-0.1, -0.05) is 30.3 Å². The average molecular weight is 272 g/mol. The first-order chi connectivity index (χ1) is 9.66. The normalized spacial score (nSPS) is 11.4. The molecule has 0 aliphatic heterocycles. The van der Waals surface area contributed by atoms with Gasteiger partial charge in [-0.25, -0.2) is 19.6 Å². The monoisotopic (exact) mass is 272 g/mol. The summed E-state index contributed by atoms with van der Waals surface area (Å²) in [5, 5.41) is 14.0. The Balaban J connectivity index is 2.06. The molecule has 0 fully saturated rings. The smallest absolute Gasteiger partial charge is 0.330 e. The van der Waals surface area contributed by atoms with Gasteiger partial charge < -0.3 is 15.7 Å². The first-order valence-corrected chi connectivity index (χ1v) is 5.77. The van der Waals surface area contributed by atoms with Crippen LogP contribution in [-0.4, -0.2) is 27.1 Å². The van der Waals surface area contributed by atoms with Crippen LogP contribution in [0.4, 0.5) is 10.5 Å². The van der Waals surface area contributed by atoms with Crippen molar-refractivity contribution in [2.45, 2.75) is 6.04 Å². The maximum absolute atomic E-state index is 11.8. The number of nitrogens with one attached hydrogen (secondary N) is 2. The van der Waals surface area contributed by atoms with E-state index in [1.165, 1.54) is 18.7 Å². The molecule has 3 N–H and O–H groups in total. The largest absolute Gasteiger partial charge is 0.479 e. The lowest BCUT2D eigenvalue weighted by Gasteiger charge is -2.15. The number of hydrogen-bond donors (Lipinski definition) is 3. The minimum atomic E-state index is -1.14. The van der Waals surface area contributed by atoms with Crippen LogP contribution in [0.5, 0.6) is 0 Å². The Bertz CT molecular complexity index is 589. The van der Waals surface area contributed by atoms with Gasteiger partial charge >= 0.3 is 12.0 Å². The molecule has 0 spiro atoms. The lowest BCUT2D eigenvalue weighted by Crippen LogP contribution is -2.36. The van der Waals surface area contributed by atoms with Crippen LogP contribution in [0.2, 0.25) is 0 Å². The van der Waals surface area contributed by atoms with Gasteiger partial charge in [0.1, 0.15) is 6.33 Å². The summed E-state index contributed by atoms with van der Waals surface area (Å²) in [7, 11) is 0. The Morgan fingerprint density at radius 3 is 2.35 bits per heavy atom. The van der Waals surface area contributed by atoms with E-state index in [1.54, 1.807) is 30.3 Å². The second kappa shape index (κ2) is 6.28. The highest BCUT2D eigenvalue weighted by atomic mass is 16.4. The van der Waals surface area contributed by atoms with E-state index in [2.05, 4.69) is 20.6 Å². The molecule has 20 heavy (non-hydrogen) atoms. The molecule has 1 heterocycles. The second-order valence-electron chi connectivity index (χ2n) is 3.91. The van der Waals surface area contributed by atoms with Crippen molar-refractivity contribution in [3.63, 3.8) is 0 Å². The Hall–Kier alpha value is -2.96. The summed E-state index contributed by atoms with van der Waals surface area (Å²) in [5.74, 6) is -1.14. The van der Waals surface area contributed by atoms with Crippen LogP contribution < -0.4 is 10.6 Å². The van der Waals surface area contributed by atoms with Gasteiger partial charge in [-0.2, -0.15) is 0 Å². The molecule has 2 rings (SSSR count). The number of benzene rings is 1. The fourth-order valence-electron chi connectivity index (χ4n) is 1.60. The van der Waals surface area contributed by atoms with E-state index in [0.717, 1.165) is 0 Å². The molecule has 0 unspecified atom stereocenters. The number of anilines is 1. The summed E-state index contributed by atoms with van der Waals surface area (Å²) in [6.45, 7) is 0. The van der Waals surface area contributed by atoms with Crippen molar-refractivity contribution in [2.75, 3.05) is 5.32 Å². The maximum Gasteiger partial charge on any atom is 0.330 e. The third-order valence-electron chi connectivity index (χ3n) is 2.47. The molecule has 7 heteroatoms. The van der Waals surface area contributed by atoms with Crippen LogP contribution in [0.25, 0.3) is 0 Å². The van der Waals surface area contributed by atoms with E-state index in [-0.39, 0.29) is 0 Å². The van der Waals surface area contributed by atoms with E-state index < -0.39 is 18.0 Å². The second-order valence-corrected chi connectivity index (χ2v) is 3.91. The van der Waals surface area contributed by atoms with Gasteiger partial charge in [-0.05, 0) is 5.56 Å². The standard InChI is InChI=1S/C13H12N4O3/c18-12(19)11(9-4-2-1-3-5-9)17-13(20)16-10-6-14-8-15-7-10/h1-8,11H,(H,18,19)(H2,16,17,20)/t11-/m0/s1. The van der Waals surface area contributed by atoms with Crippen molar-refractivity contribution in [1.82, 2.24) is 15.3 Å². The topological polar surface area (TPSA) is 104 Å². The molecule has 1 atom stereocenters. The molecule has 1 aromatic carbocycles. The van der Waals surface area contributed by atoms with Crippen molar-refractivity contribution < 1.29 is 14.7 Å². The van der Waals surface area contributed by atoms with E-state index in [0.29, 0.717) is 11.3 Å². The minimum absolute atomic E-state index is 0.377. The molecular formula is C13H12N4O3. The molecule has 1 aromatic heterocycles. The SMILES string of the molecule is O=C(Nc1cncnc1)N[C@H](C(=O)O)c1ccccc1. The molecule has 0 saturated heterocycles. The molecule has 2 aromatic rings. The van der Waals surface area contributed by atoms with Crippen LogP contribution >= 0.6 is 0 Å². The summed E-state index contributed by atoms with van der Waals surface area (Å²) in [5.41, 5.74) is 0.863. The minimum Gasteiger partial charge on any atom is -0.479 e. The van der Waals surface area contributed by atoms with Crippen LogP contribution in [0.3, 0.4) is 0 Å². The Morgan fingerprint density at radius 2 is 1.75 bits per heavy atom. The lowest BCUT2D eigenvalue weighted by molar-refractivity contribution is -0.139. The number of aromatic nitrogens is 2. The third-order valence-corrected chi connectivity index (χ3v) is 2.47. The van der Waals surface area contributed by atoms with Crippen molar-refractivity contribution in [3.05, 3.63) is 54.6 Å². The number of rotatable bonds is 4. The van der Waals surface area contributed by atoms with Gasteiger partial charge in [0.25, 0.3) is 0 Å². The maximum atomic E-state index is 11.8. The number of carboxylic acids is 1. The molecule has 0 radical (unpaired) electrons. The number of carboxylic acid groups (broad SMARTS) is 1. The molecule has 0 aliphatic rings. The third kappa shape index (κ3) is 3.52. The summed E-state index contributed by atoms with van der Waals surface area (Å²) < 4.78 is 0. The number of carbonyl (C=O) groups excluding carboxylic acids is 1. The van der Waals surface area contributed by atoms with E-state index in [9.17, 15) is 14.7 Å². The van der Waals surface area contributed by atoms with Crippen molar-refractivity contribution in [1.29, 1.82) is 0 Å². The summed E-state index contributed by atoms with van der Waals surface area (Å²) >= 11 is 0. The first-order valence-electron chi connectivity index (χ1n) is 5.77. The Kier molecular flexibility index (Phi) is 4.23. The van der Waals surface area contributed by atoms with Gasteiger partial charge in [-0.15, -0.1) is 0 Å². The highest BCUT2D eigenvalue weighted by Gasteiger charge is 2.21. The summed E-state index contributed by atoms with van der Waals surface area (Å²) in [6.07, 6.45) is 4.14. The van der Waals surface area contributed by atoms with Gasteiger partial charge in [-0.3, -0.25) is 0 Å². The van der Waals surface area contributed by atoms with Gasteiger partial charge in [0.15, 0.2) is 6.04 Å². The fourth-order valence-corrected chi connectivity index (χ4v) is 1.60. The summed E-state index contributed by atoms with van der Waals surface area (Å²) in [4.78, 5) is 30.5. The number of carbonyl (C=O) groups is 2. The Morgan fingerprint density at radius 1 is 1.10 bits per heavy atom. The number of urea groups is 1. The van der Waals surface area contributed by atoms with Crippen molar-refractivity contribution in [3.8, 4) is 0 Å². The number of nitrogens with zero attached hydrogens (tertiary/aromatic N) is 2. The predicted molar refractivity (Wildman–Crippen MR) is 71.0 cm³/mol. The number of hydrogen-bond acceptors (Lipinski definition) is 4. The van der Waals surface area contributed by atoms with E-state index in [1.807, 2.05) is 0 Å². The van der Waals surface area contributed by atoms with Crippen molar-refractivity contribution in [2.24, 2.45) is 0 Å². The van der Waals surface area contributed by atoms with Gasteiger partial charge in [0.05, 0.1) is 18.1 Å². The van der Waals surface area contributed by atoms with E-state index >= 15 is 0 Å². The molecular weight excluding hydrogens is 260 g/mol. The highest BCUT2D eigenvalue weighted by Crippen LogP contribution is 2.13. The lowest BCUT2D eigenvalue weighted by atomic mass is 10.1.